The highest BCUT2D eigenvalue weighted by Gasteiger charge is 2.52. The van der Waals surface area contributed by atoms with E-state index in [2.05, 4.69) is 9.97 Å². The van der Waals surface area contributed by atoms with Crippen LogP contribution in [0.25, 0.3) is 0 Å². The van der Waals surface area contributed by atoms with E-state index < -0.39 is 12.0 Å². The highest BCUT2D eigenvalue weighted by atomic mass is 16.4. The number of aromatic nitrogens is 2. The number of imidazole rings is 1. The molecule has 1 aromatic rings. The van der Waals surface area contributed by atoms with Gasteiger partial charge in [0.1, 0.15) is 11.9 Å². The minimum atomic E-state index is -0.957. The topological polar surface area (TPSA) is 92.0 Å². The van der Waals surface area contributed by atoms with Gasteiger partial charge in [-0.05, 0) is 56.3 Å². The zero-order chi connectivity index (χ0) is 14.6. The highest BCUT2D eigenvalue weighted by molar-refractivity contribution is 5.73. The number of H-pyrrole nitrogens is 1. The standard InChI is InChI=1S/C16H23N3O2/c17-13(14(20)21)4-12-8-18-15(19-12)16-5-9-1-10(6-16)3-11(2-9)7-16/h8-11,13H,1-7,17H2,(H,18,19)(H,20,21)/t9?,10?,11?,13-,16?/m0/s1. The van der Waals surface area contributed by atoms with Crippen LogP contribution in [0.4, 0.5) is 0 Å². The Morgan fingerprint density at radius 1 is 1.33 bits per heavy atom. The molecular formula is C16H23N3O2. The number of hydrogen-bond donors (Lipinski definition) is 3. The summed E-state index contributed by atoms with van der Waals surface area (Å²) in [5.41, 5.74) is 6.71. The lowest BCUT2D eigenvalue weighted by molar-refractivity contribution is -0.138. The lowest BCUT2D eigenvalue weighted by Crippen LogP contribution is -2.49. The number of carboxylic acid groups (broad SMARTS) is 1. The van der Waals surface area contributed by atoms with Crippen LogP contribution in [-0.2, 0) is 16.6 Å². The minimum Gasteiger partial charge on any atom is -0.480 e. The summed E-state index contributed by atoms with van der Waals surface area (Å²) in [6, 6.07) is -0.852. The second kappa shape index (κ2) is 4.57. The number of rotatable bonds is 4. The number of carbonyl (C=O) groups is 1. The zero-order valence-corrected chi connectivity index (χ0v) is 12.2. The first-order valence-electron chi connectivity index (χ1n) is 8.07. The molecule has 0 spiro atoms. The van der Waals surface area contributed by atoms with Gasteiger partial charge in [-0.3, -0.25) is 4.79 Å². The largest absolute Gasteiger partial charge is 0.480 e. The van der Waals surface area contributed by atoms with Gasteiger partial charge in [0.15, 0.2) is 0 Å². The molecule has 5 heteroatoms. The Balaban J connectivity index is 1.57. The maximum atomic E-state index is 10.9. The van der Waals surface area contributed by atoms with E-state index in [0.29, 0.717) is 6.42 Å². The monoisotopic (exact) mass is 289 g/mol. The fourth-order valence-corrected chi connectivity index (χ4v) is 5.46. The molecule has 1 heterocycles. The van der Waals surface area contributed by atoms with Crippen molar-refractivity contribution in [2.24, 2.45) is 23.5 Å². The second-order valence-corrected chi connectivity index (χ2v) is 7.60. The van der Waals surface area contributed by atoms with Gasteiger partial charge in [0.05, 0.1) is 0 Å². The van der Waals surface area contributed by atoms with Crippen LogP contribution in [0.15, 0.2) is 6.20 Å². The molecule has 0 saturated heterocycles. The first-order chi connectivity index (χ1) is 10.0. The highest BCUT2D eigenvalue weighted by Crippen LogP contribution is 2.60. The summed E-state index contributed by atoms with van der Waals surface area (Å²) < 4.78 is 0. The third kappa shape index (κ3) is 2.18. The van der Waals surface area contributed by atoms with Crippen molar-refractivity contribution >= 4 is 5.97 Å². The van der Waals surface area contributed by atoms with Gasteiger partial charge in [0.25, 0.3) is 0 Å². The number of carboxylic acids is 1. The minimum absolute atomic E-state index is 0.236. The molecule has 5 rings (SSSR count). The molecule has 4 aliphatic carbocycles. The van der Waals surface area contributed by atoms with E-state index in [9.17, 15) is 4.79 Å². The maximum Gasteiger partial charge on any atom is 0.320 e. The molecule has 4 bridgehead atoms. The molecule has 4 N–H and O–H groups in total. The molecule has 21 heavy (non-hydrogen) atoms. The average Bonchev–Trinajstić information content (AvgIpc) is 2.86. The Labute approximate surface area is 124 Å². The van der Waals surface area contributed by atoms with Crippen molar-refractivity contribution in [2.75, 3.05) is 0 Å². The van der Waals surface area contributed by atoms with E-state index in [1.807, 2.05) is 0 Å². The van der Waals surface area contributed by atoms with Gasteiger partial charge in [-0.15, -0.1) is 0 Å². The van der Waals surface area contributed by atoms with Crippen LogP contribution >= 0.6 is 0 Å². The van der Waals surface area contributed by atoms with Gasteiger partial charge in [-0.2, -0.15) is 0 Å². The van der Waals surface area contributed by atoms with Crippen LogP contribution in [0, 0.1) is 17.8 Å². The van der Waals surface area contributed by atoms with Crippen molar-refractivity contribution in [3.05, 3.63) is 17.7 Å². The van der Waals surface area contributed by atoms with Crippen LogP contribution < -0.4 is 5.73 Å². The van der Waals surface area contributed by atoms with E-state index in [1.165, 1.54) is 38.5 Å². The lowest BCUT2D eigenvalue weighted by atomic mass is 9.49. The SMILES string of the molecule is N[C@@H](Cc1cnc(C23CC4CC(CC(C4)C2)C3)[nH]1)C(=O)O. The van der Waals surface area contributed by atoms with Crippen molar-refractivity contribution in [1.29, 1.82) is 0 Å². The molecule has 4 fully saturated rings. The van der Waals surface area contributed by atoms with Gasteiger partial charge in [-0.25, -0.2) is 4.98 Å². The summed E-state index contributed by atoms with van der Waals surface area (Å²) in [6.07, 6.45) is 10.1. The normalized spacial score (nSPS) is 38.6. The Bertz CT molecular complexity index is 530. The van der Waals surface area contributed by atoms with Crippen LogP contribution in [0.3, 0.4) is 0 Å². The maximum absolute atomic E-state index is 10.9. The quantitative estimate of drug-likeness (QED) is 0.788. The van der Waals surface area contributed by atoms with Gasteiger partial charge < -0.3 is 15.8 Å². The van der Waals surface area contributed by atoms with Gasteiger partial charge in [0, 0.05) is 23.7 Å². The average molecular weight is 289 g/mol. The van der Waals surface area contributed by atoms with Crippen molar-refractivity contribution in [2.45, 2.75) is 56.4 Å². The van der Waals surface area contributed by atoms with E-state index >= 15 is 0 Å². The summed E-state index contributed by atoms with van der Waals surface area (Å²) in [4.78, 5) is 18.9. The van der Waals surface area contributed by atoms with Gasteiger partial charge >= 0.3 is 5.97 Å². The number of nitrogens with one attached hydrogen (secondary N) is 1. The predicted octanol–water partition coefficient (Wildman–Crippen LogP) is 1.83. The second-order valence-electron chi connectivity index (χ2n) is 7.60. The fourth-order valence-electron chi connectivity index (χ4n) is 5.46. The Kier molecular flexibility index (Phi) is 2.89. The molecule has 0 aromatic carbocycles. The summed E-state index contributed by atoms with van der Waals surface area (Å²) >= 11 is 0. The van der Waals surface area contributed by atoms with Crippen LogP contribution in [0.5, 0.6) is 0 Å². The predicted molar refractivity (Wildman–Crippen MR) is 77.8 cm³/mol. The number of nitrogens with two attached hydrogens (primary N) is 1. The van der Waals surface area contributed by atoms with Gasteiger partial charge in [-0.1, -0.05) is 0 Å². The molecular weight excluding hydrogens is 266 g/mol. The Morgan fingerprint density at radius 3 is 2.43 bits per heavy atom. The zero-order valence-electron chi connectivity index (χ0n) is 12.2. The molecule has 0 amide bonds. The number of hydrogen-bond acceptors (Lipinski definition) is 3. The Hall–Kier alpha value is -1.36. The van der Waals surface area contributed by atoms with Crippen molar-refractivity contribution in [3.8, 4) is 0 Å². The fraction of sp³-hybridized carbons (Fsp3) is 0.750. The smallest absolute Gasteiger partial charge is 0.320 e. The van der Waals surface area contributed by atoms with E-state index in [4.69, 9.17) is 10.8 Å². The van der Waals surface area contributed by atoms with Crippen molar-refractivity contribution < 1.29 is 9.90 Å². The van der Waals surface area contributed by atoms with Gasteiger partial charge in [0.2, 0.25) is 0 Å². The van der Waals surface area contributed by atoms with Crippen LogP contribution in [-0.4, -0.2) is 27.1 Å². The number of aromatic amines is 1. The lowest BCUT2D eigenvalue weighted by Gasteiger charge is -2.56. The summed E-state index contributed by atoms with van der Waals surface area (Å²) in [6.45, 7) is 0. The summed E-state index contributed by atoms with van der Waals surface area (Å²) in [5.74, 6) is 2.78. The van der Waals surface area contributed by atoms with Crippen molar-refractivity contribution in [1.82, 2.24) is 9.97 Å². The third-order valence-electron chi connectivity index (χ3n) is 5.93. The molecule has 5 nitrogen and oxygen atoms in total. The summed E-state index contributed by atoms with van der Waals surface area (Å²) in [7, 11) is 0. The number of aliphatic carboxylic acids is 1. The van der Waals surface area contributed by atoms with Crippen LogP contribution in [0.1, 0.15) is 50.0 Å². The first kappa shape index (κ1) is 13.3. The molecule has 4 saturated carbocycles. The van der Waals surface area contributed by atoms with Crippen LogP contribution in [0.2, 0.25) is 0 Å². The molecule has 114 valence electrons. The van der Waals surface area contributed by atoms with E-state index in [-0.39, 0.29) is 5.41 Å². The number of nitrogens with zero attached hydrogens (tertiary/aromatic N) is 1. The molecule has 0 aliphatic heterocycles. The van der Waals surface area contributed by atoms with Crippen molar-refractivity contribution in [3.63, 3.8) is 0 Å². The third-order valence-corrected chi connectivity index (χ3v) is 5.93. The molecule has 0 unspecified atom stereocenters. The Morgan fingerprint density at radius 2 is 1.90 bits per heavy atom. The molecule has 1 aromatic heterocycles. The summed E-state index contributed by atoms with van der Waals surface area (Å²) in [5, 5.41) is 8.92. The van der Waals surface area contributed by atoms with E-state index in [0.717, 1.165) is 29.3 Å². The first-order valence-corrected chi connectivity index (χ1v) is 8.07. The molecule has 1 atom stereocenters. The molecule has 0 radical (unpaired) electrons. The van der Waals surface area contributed by atoms with E-state index in [1.54, 1.807) is 6.20 Å². The molecule has 4 aliphatic rings.